The van der Waals surface area contributed by atoms with Gasteiger partial charge in [-0.05, 0) is 6.92 Å². The SMILES string of the molecule is C#CCC(C)(C)C(=O)N1CC(N(CC)C(=O)C(C)(C)CC#C)C1. The molecule has 0 aliphatic carbocycles. The van der Waals surface area contributed by atoms with Gasteiger partial charge in [0.25, 0.3) is 0 Å². The summed E-state index contributed by atoms with van der Waals surface area (Å²) in [7, 11) is 0. The summed E-state index contributed by atoms with van der Waals surface area (Å²) >= 11 is 0. The number of nitrogens with zero attached hydrogens (tertiary/aromatic N) is 2. The molecule has 0 aromatic rings. The summed E-state index contributed by atoms with van der Waals surface area (Å²) in [5.74, 6) is 5.24. The minimum atomic E-state index is -0.571. The smallest absolute Gasteiger partial charge is 0.229 e. The van der Waals surface area contributed by atoms with E-state index in [-0.39, 0.29) is 17.9 Å². The second kappa shape index (κ2) is 7.09. The van der Waals surface area contributed by atoms with Crippen LogP contribution in [0.1, 0.15) is 47.5 Å². The number of hydrogen-bond acceptors (Lipinski definition) is 2. The third-order valence-corrected chi connectivity index (χ3v) is 4.44. The maximum absolute atomic E-state index is 12.7. The highest BCUT2D eigenvalue weighted by atomic mass is 16.2. The van der Waals surface area contributed by atoms with E-state index >= 15 is 0 Å². The zero-order chi connectivity index (χ0) is 17.8. The Morgan fingerprint density at radius 1 is 1.09 bits per heavy atom. The Balaban J connectivity index is 2.71. The minimum absolute atomic E-state index is 0.0536. The number of rotatable bonds is 6. The van der Waals surface area contributed by atoms with Crippen molar-refractivity contribution in [3.05, 3.63) is 0 Å². The van der Waals surface area contributed by atoms with Crippen molar-refractivity contribution < 1.29 is 9.59 Å². The van der Waals surface area contributed by atoms with Gasteiger partial charge in [-0.3, -0.25) is 9.59 Å². The molecule has 126 valence electrons. The molecule has 1 aliphatic rings. The van der Waals surface area contributed by atoms with Crippen LogP contribution in [-0.4, -0.2) is 47.3 Å². The monoisotopic (exact) mass is 316 g/mol. The van der Waals surface area contributed by atoms with E-state index in [1.54, 1.807) is 4.90 Å². The molecule has 0 spiro atoms. The van der Waals surface area contributed by atoms with Crippen molar-refractivity contribution in [1.82, 2.24) is 9.80 Å². The largest absolute Gasteiger partial charge is 0.338 e. The van der Waals surface area contributed by atoms with Gasteiger partial charge >= 0.3 is 0 Å². The molecule has 0 saturated carbocycles. The van der Waals surface area contributed by atoms with Crippen LogP contribution >= 0.6 is 0 Å². The number of likely N-dealkylation sites (N-methyl/N-ethyl adjacent to an activating group) is 1. The summed E-state index contributed by atoms with van der Waals surface area (Å²) in [6.07, 6.45) is 11.5. The molecule has 0 unspecified atom stereocenters. The molecule has 1 saturated heterocycles. The number of amides is 2. The zero-order valence-corrected chi connectivity index (χ0v) is 15.0. The fraction of sp³-hybridized carbons (Fsp3) is 0.684. The van der Waals surface area contributed by atoms with E-state index in [4.69, 9.17) is 12.8 Å². The van der Waals surface area contributed by atoms with Crippen molar-refractivity contribution in [1.29, 1.82) is 0 Å². The highest BCUT2D eigenvalue weighted by Gasteiger charge is 2.43. The first-order chi connectivity index (χ1) is 10.6. The second-order valence-electron chi connectivity index (χ2n) is 7.48. The molecule has 23 heavy (non-hydrogen) atoms. The lowest BCUT2D eigenvalue weighted by atomic mass is 9.85. The molecular formula is C19H28N2O2. The van der Waals surface area contributed by atoms with Gasteiger partial charge in [0.2, 0.25) is 11.8 Å². The fourth-order valence-electron chi connectivity index (χ4n) is 2.86. The Morgan fingerprint density at radius 3 is 2.00 bits per heavy atom. The molecule has 2 amide bonds. The quantitative estimate of drug-likeness (QED) is 0.705. The molecule has 0 atom stereocenters. The summed E-state index contributed by atoms with van der Waals surface area (Å²) in [4.78, 5) is 28.8. The van der Waals surface area contributed by atoms with Crippen molar-refractivity contribution in [2.75, 3.05) is 19.6 Å². The van der Waals surface area contributed by atoms with Crippen LogP contribution in [0.25, 0.3) is 0 Å². The van der Waals surface area contributed by atoms with E-state index in [1.165, 1.54) is 0 Å². The standard InChI is InChI=1S/C19H28N2O2/c1-8-11-18(4,5)16(22)20-13-15(14-20)21(10-3)17(23)19(6,7)12-9-2/h1-2,15H,10-14H2,3-7H3. The Bertz CT molecular complexity index is 543. The van der Waals surface area contributed by atoms with Crippen LogP contribution < -0.4 is 0 Å². The Kier molecular flexibility index (Phi) is 5.89. The van der Waals surface area contributed by atoms with Gasteiger partial charge in [-0.25, -0.2) is 0 Å². The molecule has 1 rings (SSSR count). The lowest BCUT2D eigenvalue weighted by Crippen LogP contribution is -2.65. The predicted octanol–water partition coefficient (Wildman–Crippen LogP) is 2.14. The molecule has 1 fully saturated rings. The molecule has 0 radical (unpaired) electrons. The van der Waals surface area contributed by atoms with Gasteiger partial charge in [0.1, 0.15) is 0 Å². The van der Waals surface area contributed by atoms with Crippen molar-refractivity contribution in [2.24, 2.45) is 10.8 Å². The maximum Gasteiger partial charge on any atom is 0.229 e. The number of likely N-dealkylation sites (tertiary alicyclic amines) is 1. The van der Waals surface area contributed by atoms with Gasteiger partial charge in [0, 0.05) is 32.5 Å². The minimum Gasteiger partial charge on any atom is -0.338 e. The first-order valence-electron chi connectivity index (χ1n) is 8.08. The zero-order valence-electron chi connectivity index (χ0n) is 15.0. The van der Waals surface area contributed by atoms with Crippen LogP contribution in [0.3, 0.4) is 0 Å². The molecule has 1 aliphatic heterocycles. The Labute approximate surface area is 140 Å². The Morgan fingerprint density at radius 2 is 1.57 bits per heavy atom. The predicted molar refractivity (Wildman–Crippen MR) is 92.2 cm³/mol. The van der Waals surface area contributed by atoms with E-state index in [9.17, 15) is 9.59 Å². The molecular weight excluding hydrogens is 288 g/mol. The van der Waals surface area contributed by atoms with Crippen LogP contribution in [0.15, 0.2) is 0 Å². The highest BCUT2D eigenvalue weighted by Crippen LogP contribution is 2.30. The van der Waals surface area contributed by atoms with Gasteiger partial charge < -0.3 is 9.80 Å². The lowest BCUT2D eigenvalue weighted by Gasteiger charge is -2.48. The fourth-order valence-corrected chi connectivity index (χ4v) is 2.86. The molecule has 4 heteroatoms. The van der Waals surface area contributed by atoms with Crippen molar-refractivity contribution in [2.45, 2.75) is 53.5 Å². The molecule has 0 bridgehead atoms. The van der Waals surface area contributed by atoms with Crippen molar-refractivity contribution in [3.8, 4) is 24.7 Å². The van der Waals surface area contributed by atoms with Gasteiger partial charge in [-0.2, -0.15) is 0 Å². The summed E-state index contributed by atoms with van der Waals surface area (Å²) < 4.78 is 0. The number of carbonyl (C=O) groups excluding carboxylic acids is 2. The van der Waals surface area contributed by atoms with Gasteiger partial charge in [-0.1, -0.05) is 27.7 Å². The molecule has 1 heterocycles. The number of carbonyl (C=O) groups is 2. The third-order valence-electron chi connectivity index (χ3n) is 4.44. The maximum atomic E-state index is 12.7. The normalized spacial score (nSPS) is 15.3. The van der Waals surface area contributed by atoms with Crippen molar-refractivity contribution >= 4 is 11.8 Å². The van der Waals surface area contributed by atoms with Gasteiger partial charge in [0.15, 0.2) is 0 Å². The average Bonchev–Trinajstić information content (AvgIpc) is 2.40. The van der Waals surface area contributed by atoms with E-state index in [0.29, 0.717) is 32.5 Å². The van der Waals surface area contributed by atoms with Gasteiger partial charge in [0.05, 0.1) is 16.9 Å². The summed E-state index contributed by atoms with van der Waals surface area (Å²) in [5.41, 5.74) is -1.12. The van der Waals surface area contributed by atoms with Crippen LogP contribution in [0.2, 0.25) is 0 Å². The van der Waals surface area contributed by atoms with E-state index in [1.807, 2.05) is 39.5 Å². The van der Waals surface area contributed by atoms with Crippen LogP contribution in [0.4, 0.5) is 0 Å². The summed E-state index contributed by atoms with van der Waals surface area (Å²) in [6, 6.07) is 0.0649. The van der Waals surface area contributed by atoms with E-state index in [0.717, 1.165) is 0 Å². The molecule has 0 N–H and O–H groups in total. The topological polar surface area (TPSA) is 40.6 Å². The van der Waals surface area contributed by atoms with Crippen molar-refractivity contribution in [3.63, 3.8) is 0 Å². The van der Waals surface area contributed by atoms with Crippen LogP contribution in [0.5, 0.6) is 0 Å². The van der Waals surface area contributed by atoms with E-state index in [2.05, 4.69) is 11.8 Å². The average molecular weight is 316 g/mol. The first kappa shape index (κ1) is 19.1. The Hall–Kier alpha value is -1.94. The highest BCUT2D eigenvalue weighted by molar-refractivity contribution is 5.85. The first-order valence-corrected chi connectivity index (χ1v) is 8.08. The lowest BCUT2D eigenvalue weighted by molar-refractivity contribution is -0.156. The molecule has 0 aromatic carbocycles. The number of terminal acetylenes is 2. The van der Waals surface area contributed by atoms with Gasteiger partial charge in [-0.15, -0.1) is 24.7 Å². The van der Waals surface area contributed by atoms with E-state index < -0.39 is 10.8 Å². The van der Waals surface area contributed by atoms with Crippen LogP contribution in [0, 0.1) is 35.5 Å². The summed E-state index contributed by atoms with van der Waals surface area (Å²) in [6.45, 7) is 11.2. The number of hydrogen-bond donors (Lipinski definition) is 0. The third kappa shape index (κ3) is 4.08. The summed E-state index contributed by atoms with van der Waals surface area (Å²) in [5, 5.41) is 0. The van der Waals surface area contributed by atoms with Crippen LogP contribution in [-0.2, 0) is 9.59 Å². The molecule has 0 aromatic heterocycles. The molecule has 4 nitrogen and oxygen atoms in total. The second-order valence-corrected chi connectivity index (χ2v) is 7.48.